The first kappa shape index (κ1) is 24.1. The van der Waals surface area contributed by atoms with Crippen molar-refractivity contribution in [3.05, 3.63) is 34.9 Å². The summed E-state index contributed by atoms with van der Waals surface area (Å²) in [5, 5.41) is 7.96. The quantitative estimate of drug-likeness (QED) is 0.308. The van der Waals surface area contributed by atoms with E-state index in [4.69, 9.17) is 21.3 Å². The van der Waals surface area contributed by atoms with Crippen molar-refractivity contribution in [1.82, 2.24) is 15.5 Å². The molecular weight excluding hydrogens is 511 g/mol. The molecule has 5 nitrogen and oxygen atoms in total. The first-order valence-electron chi connectivity index (χ1n) is 11.3. The Hall–Kier alpha value is -0.570. The van der Waals surface area contributed by atoms with Gasteiger partial charge in [-0.05, 0) is 62.6 Å². The molecule has 1 aromatic rings. The standard InChI is InChI=1S/C23H35ClN4O.HI/c1-2-25-22(26-17-23(9-10-23)19-4-3-5-20(24)14-19)27-21-6-11-28(12-7-21)15-18-8-13-29-16-18;/h3-5,14,18,21H,2,6-13,15-17H2,1H3,(H2,25,26,27);1H. The van der Waals surface area contributed by atoms with E-state index in [2.05, 4.69) is 40.7 Å². The lowest BCUT2D eigenvalue weighted by Crippen LogP contribution is -2.49. The number of guanidine groups is 1. The van der Waals surface area contributed by atoms with Crippen LogP contribution in [0.15, 0.2) is 29.3 Å². The van der Waals surface area contributed by atoms with Crippen LogP contribution in [0.25, 0.3) is 0 Å². The van der Waals surface area contributed by atoms with Gasteiger partial charge in [-0.25, -0.2) is 0 Å². The molecule has 2 aliphatic heterocycles. The Bertz CT molecular complexity index is 698. The van der Waals surface area contributed by atoms with Crippen molar-refractivity contribution in [2.75, 3.05) is 45.9 Å². The Kier molecular flexibility index (Phi) is 9.10. The average Bonchev–Trinajstić information content (AvgIpc) is 3.35. The molecule has 1 aliphatic carbocycles. The number of benzene rings is 1. The third-order valence-corrected chi connectivity index (χ3v) is 6.88. The molecule has 0 radical (unpaired) electrons. The zero-order chi connectivity index (χ0) is 20.1. The zero-order valence-corrected chi connectivity index (χ0v) is 21.1. The number of hydrogen-bond acceptors (Lipinski definition) is 3. The van der Waals surface area contributed by atoms with Crippen LogP contribution in [-0.2, 0) is 10.2 Å². The number of hydrogen-bond donors (Lipinski definition) is 2. The molecule has 7 heteroatoms. The SMILES string of the molecule is CCNC(=NCC1(c2cccc(Cl)c2)CC1)NC1CCN(CC2CCOC2)CC1.I. The van der Waals surface area contributed by atoms with E-state index in [1.54, 1.807) is 0 Å². The van der Waals surface area contributed by atoms with Crippen LogP contribution in [0.2, 0.25) is 5.02 Å². The van der Waals surface area contributed by atoms with Crippen LogP contribution in [0.5, 0.6) is 0 Å². The molecule has 0 amide bonds. The number of likely N-dealkylation sites (tertiary alicyclic amines) is 1. The van der Waals surface area contributed by atoms with Crippen molar-refractivity contribution in [1.29, 1.82) is 0 Å². The van der Waals surface area contributed by atoms with Gasteiger partial charge in [-0.3, -0.25) is 4.99 Å². The van der Waals surface area contributed by atoms with E-state index in [-0.39, 0.29) is 29.4 Å². The highest BCUT2D eigenvalue weighted by Crippen LogP contribution is 2.48. The summed E-state index contributed by atoms with van der Waals surface area (Å²) in [5.41, 5.74) is 1.51. The fraction of sp³-hybridized carbons (Fsp3) is 0.696. The normalized spacial score (nSPS) is 24.3. The van der Waals surface area contributed by atoms with Gasteiger partial charge in [0.25, 0.3) is 0 Å². The molecule has 2 heterocycles. The molecule has 4 rings (SSSR count). The maximum absolute atomic E-state index is 6.21. The summed E-state index contributed by atoms with van der Waals surface area (Å²) in [6, 6.07) is 8.80. The van der Waals surface area contributed by atoms with Gasteiger partial charge in [0.1, 0.15) is 0 Å². The van der Waals surface area contributed by atoms with Crippen molar-refractivity contribution in [3.63, 3.8) is 0 Å². The van der Waals surface area contributed by atoms with Gasteiger partial charge in [0.15, 0.2) is 5.96 Å². The summed E-state index contributed by atoms with van der Waals surface area (Å²) < 4.78 is 5.53. The molecule has 0 spiro atoms. The molecule has 0 bridgehead atoms. The summed E-state index contributed by atoms with van der Waals surface area (Å²) in [6.45, 7) is 9.27. The molecule has 2 N–H and O–H groups in total. The van der Waals surface area contributed by atoms with Crippen molar-refractivity contribution in [3.8, 4) is 0 Å². The molecule has 3 fully saturated rings. The lowest BCUT2D eigenvalue weighted by atomic mass is 9.96. The summed E-state index contributed by atoms with van der Waals surface area (Å²) in [4.78, 5) is 7.58. The fourth-order valence-electron chi connectivity index (χ4n) is 4.60. The third kappa shape index (κ3) is 6.47. The smallest absolute Gasteiger partial charge is 0.191 e. The van der Waals surface area contributed by atoms with E-state index in [9.17, 15) is 0 Å². The predicted molar refractivity (Wildman–Crippen MR) is 135 cm³/mol. The highest BCUT2D eigenvalue weighted by molar-refractivity contribution is 14.0. The van der Waals surface area contributed by atoms with Gasteiger partial charge >= 0.3 is 0 Å². The molecule has 1 saturated carbocycles. The van der Waals surface area contributed by atoms with Crippen molar-refractivity contribution >= 4 is 41.5 Å². The molecule has 3 aliphatic rings. The Balaban J connectivity index is 0.00000256. The van der Waals surface area contributed by atoms with Crippen molar-refractivity contribution in [2.24, 2.45) is 10.9 Å². The predicted octanol–water partition coefficient (Wildman–Crippen LogP) is 4.05. The van der Waals surface area contributed by atoms with Crippen LogP contribution in [0, 0.1) is 5.92 Å². The monoisotopic (exact) mass is 546 g/mol. The first-order valence-corrected chi connectivity index (χ1v) is 11.7. The second kappa shape index (κ2) is 11.3. The summed E-state index contributed by atoms with van der Waals surface area (Å²) >= 11 is 6.21. The van der Waals surface area contributed by atoms with Gasteiger partial charge < -0.3 is 20.3 Å². The molecule has 0 aromatic heterocycles. The molecule has 168 valence electrons. The Labute approximate surface area is 203 Å². The van der Waals surface area contributed by atoms with Gasteiger partial charge in [-0.1, -0.05) is 23.7 Å². The molecule has 1 atom stereocenters. The van der Waals surface area contributed by atoms with Crippen LogP contribution >= 0.6 is 35.6 Å². The number of rotatable bonds is 7. The summed E-state index contributed by atoms with van der Waals surface area (Å²) in [7, 11) is 0. The van der Waals surface area contributed by atoms with Crippen LogP contribution in [0.4, 0.5) is 0 Å². The van der Waals surface area contributed by atoms with Crippen molar-refractivity contribution < 1.29 is 4.74 Å². The Morgan fingerprint density at radius 3 is 2.70 bits per heavy atom. The number of halogens is 2. The van der Waals surface area contributed by atoms with E-state index < -0.39 is 0 Å². The highest BCUT2D eigenvalue weighted by atomic mass is 127. The van der Waals surface area contributed by atoms with Gasteiger partial charge in [-0.2, -0.15) is 0 Å². The first-order chi connectivity index (χ1) is 14.2. The van der Waals surface area contributed by atoms with Gasteiger partial charge in [-0.15, -0.1) is 24.0 Å². The molecule has 2 saturated heterocycles. The van der Waals surface area contributed by atoms with Crippen molar-refractivity contribution in [2.45, 2.75) is 50.5 Å². The Morgan fingerprint density at radius 2 is 2.07 bits per heavy atom. The zero-order valence-electron chi connectivity index (χ0n) is 18.0. The van der Waals surface area contributed by atoms with E-state index >= 15 is 0 Å². The minimum Gasteiger partial charge on any atom is -0.381 e. The van der Waals surface area contributed by atoms with E-state index in [0.717, 1.165) is 43.2 Å². The second-order valence-corrected chi connectivity index (χ2v) is 9.37. The fourth-order valence-corrected chi connectivity index (χ4v) is 4.79. The number of nitrogens with one attached hydrogen (secondary N) is 2. The molecule has 1 unspecified atom stereocenters. The maximum atomic E-state index is 6.21. The highest BCUT2D eigenvalue weighted by Gasteiger charge is 2.44. The van der Waals surface area contributed by atoms with E-state index in [1.165, 1.54) is 57.3 Å². The van der Waals surface area contributed by atoms with Crippen LogP contribution in [-0.4, -0.2) is 62.8 Å². The van der Waals surface area contributed by atoms with Crippen LogP contribution < -0.4 is 10.6 Å². The number of ether oxygens (including phenoxy) is 1. The minimum atomic E-state index is 0. The lowest BCUT2D eigenvalue weighted by Gasteiger charge is -2.34. The second-order valence-electron chi connectivity index (χ2n) is 8.93. The number of piperidine rings is 1. The van der Waals surface area contributed by atoms with Gasteiger partial charge in [0.05, 0.1) is 13.2 Å². The summed E-state index contributed by atoms with van der Waals surface area (Å²) in [6.07, 6.45) is 5.97. The van der Waals surface area contributed by atoms with E-state index in [0.29, 0.717) is 6.04 Å². The van der Waals surface area contributed by atoms with Crippen LogP contribution in [0.3, 0.4) is 0 Å². The van der Waals surface area contributed by atoms with Gasteiger partial charge in [0, 0.05) is 49.3 Å². The van der Waals surface area contributed by atoms with Crippen LogP contribution in [0.1, 0.15) is 44.6 Å². The average molecular weight is 547 g/mol. The Morgan fingerprint density at radius 1 is 1.27 bits per heavy atom. The number of nitrogens with zero attached hydrogens (tertiary/aromatic N) is 2. The van der Waals surface area contributed by atoms with E-state index in [1.807, 2.05) is 6.07 Å². The third-order valence-electron chi connectivity index (χ3n) is 6.64. The number of aliphatic imine (C=N–C) groups is 1. The largest absolute Gasteiger partial charge is 0.381 e. The molecular formula is C23H36ClIN4O. The lowest BCUT2D eigenvalue weighted by molar-refractivity contribution is 0.150. The molecule has 1 aromatic carbocycles. The topological polar surface area (TPSA) is 48.9 Å². The maximum Gasteiger partial charge on any atom is 0.191 e. The minimum absolute atomic E-state index is 0. The van der Waals surface area contributed by atoms with Gasteiger partial charge in [0.2, 0.25) is 0 Å². The molecule has 30 heavy (non-hydrogen) atoms. The summed E-state index contributed by atoms with van der Waals surface area (Å²) in [5.74, 6) is 1.70.